The monoisotopic (exact) mass is 253 g/mol. The average Bonchev–Trinajstić information content (AvgIpc) is 2.41. The Kier molecular flexibility index (Phi) is 2.86. The van der Waals surface area contributed by atoms with E-state index in [-0.39, 0.29) is 0 Å². The number of aromatic nitrogens is 2. The maximum atomic E-state index is 5.82. The van der Waals surface area contributed by atoms with Gasteiger partial charge in [0.05, 0.1) is 5.52 Å². The molecule has 0 fully saturated rings. The normalized spacial score (nSPS) is 10.7. The number of hydrogen-bond acceptors (Lipinski definition) is 4. The molecule has 1 aromatic heterocycles. The van der Waals surface area contributed by atoms with Crippen LogP contribution in [0.15, 0.2) is 64.8 Å². The molecule has 2 aromatic carbocycles. The van der Waals surface area contributed by atoms with Gasteiger partial charge in [0.25, 0.3) is 0 Å². The number of nitrogens with zero attached hydrogens (tertiary/aromatic N) is 2. The first-order valence-corrected chi connectivity index (χ1v) is 6.38. The third-order valence-electron chi connectivity index (χ3n) is 2.58. The quantitative estimate of drug-likeness (QED) is 0.562. The van der Waals surface area contributed by atoms with Crippen molar-refractivity contribution in [2.45, 2.75) is 9.92 Å². The van der Waals surface area contributed by atoms with Crippen LogP contribution in [0.5, 0.6) is 0 Å². The molecule has 3 nitrogen and oxygen atoms in total. The van der Waals surface area contributed by atoms with Crippen LogP contribution in [0.1, 0.15) is 0 Å². The van der Waals surface area contributed by atoms with E-state index >= 15 is 0 Å². The number of benzene rings is 2. The summed E-state index contributed by atoms with van der Waals surface area (Å²) in [4.78, 5) is 9.74. The molecule has 0 radical (unpaired) electrons. The Bertz CT molecular complexity index is 683. The molecule has 0 aliphatic heterocycles. The standard InChI is InChI=1S/C14H11N3S/c15-10-6-7-13-12(8-10)14(17-9-16-13)18-11-4-2-1-3-5-11/h1-9H,15H2. The highest BCUT2D eigenvalue weighted by molar-refractivity contribution is 7.99. The molecule has 0 saturated carbocycles. The molecule has 0 amide bonds. The van der Waals surface area contributed by atoms with Crippen LogP contribution in [-0.4, -0.2) is 9.97 Å². The highest BCUT2D eigenvalue weighted by Crippen LogP contribution is 2.31. The van der Waals surface area contributed by atoms with Crippen LogP contribution in [0.4, 0.5) is 5.69 Å². The van der Waals surface area contributed by atoms with E-state index in [1.165, 1.54) is 0 Å². The zero-order chi connectivity index (χ0) is 12.4. The third kappa shape index (κ3) is 2.15. The van der Waals surface area contributed by atoms with Gasteiger partial charge in [-0.2, -0.15) is 0 Å². The maximum absolute atomic E-state index is 5.82. The van der Waals surface area contributed by atoms with Gasteiger partial charge in [-0.15, -0.1) is 0 Å². The lowest BCUT2D eigenvalue weighted by Crippen LogP contribution is -1.89. The molecule has 88 valence electrons. The lowest BCUT2D eigenvalue weighted by molar-refractivity contribution is 1.10. The molecule has 0 saturated heterocycles. The Morgan fingerprint density at radius 3 is 2.61 bits per heavy atom. The van der Waals surface area contributed by atoms with E-state index in [1.54, 1.807) is 18.1 Å². The number of nitrogens with two attached hydrogens (primary N) is 1. The molecular formula is C14H11N3S. The number of rotatable bonds is 2. The number of nitrogen functional groups attached to an aromatic ring is 1. The Balaban J connectivity index is 2.09. The van der Waals surface area contributed by atoms with Gasteiger partial charge in [0.2, 0.25) is 0 Å². The Morgan fingerprint density at radius 2 is 1.78 bits per heavy atom. The summed E-state index contributed by atoms with van der Waals surface area (Å²) in [6.07, 6.45) is 1.59. The van der Waals surface area contributed by atoms with Gasteiger partial charge in [0.1, 0.15) is 11.4 Å². The van der Waals surface area contributed by atoms with Crippen molar-refractivity contribution in [3.8, 4) is 0 Å². The topological polar surface area (TPSA) is 51.8 Å². The van der Waals surface area contributed by atoms with Crippen LogP contribution in [0.2, 0.25) is 0 Å². The summed E-state index contributed by atoms with van der Waals surface area (Å²) in [5, 5.41) is 1.92. The summed E-state index contributed by atoms with van der Waals surface area (Å²) in [5.74, 6) is 0. The van der Waals surface area contributed by atoms with E-state index in [0.29, 0.717) is 0 Å². The second-order valence-electron chi connectivity index (χ2n) is 3.87. The maximum Gasteiger partial charge on any atom is 0.117 e. The molecule has 0 unspecified atom stereocenters. The van der Waals surface area contributed by atoms with Crippen molar-refractivity contribution in [2.75, 3.05) is 5.73 Å². The predicted octanol–water partition coefficient (Wildman–Crippen LogP) is 3.36. The number of fused-ring (bicyclic) bond motifs is 1. The van der Waals surface area contributed by atoms with Gasteiger partial charge in [-0.25, -0.2) is 9.97 Å². The molecule has 4 heteroatoms. The Hall–Kier alpha value is -2.07. The molecule has 0 aliphatic carbocycles. The fraction of sp³-hybridized carbons (Fsp3) is 0. The van der Waals surface area contributed by atoms with Crippen molar-refractivity contribution in [2.24, 2.45) is 0 Å². The van der Waals surface area contributed by atoms with E-state index in [2.05, 4.69) is 22.1 Å². The van der Waals surface area contributed by atoms with E-state index in [0.717, 1.165) is 26.5 Å². The average molecular weight is 253 g/mol. The minimum Gasteiger partial charge on any atom is -0.399 e. The second-order valence-corrected chi connectivity index (χ2v) is 4.93. The predicted molar refractivity (Wildman–Crippen MR) is 74.5 cm³/mol. The number of anilines is 1. The van der Waals surface area contributed by atoms with Crippen molar-refractivity contribution in [3.05, 3.63) is 54.9 Å². The first-order valence-electron chi connectivity index (χ1n) is 5.56. The smallest absolute Gasteiger partial charge is 0.117 e. The van der Waals surface area contributed by atoms with Crippen LogP contribution in [0, 0.1) is 0 Å². The highest BCUT2D eigenvalue weighted by atomic mass is 32.2. The summed E-state index contributed by atoms with van der Waals surface area (Å²) in [5.41, 5.74) is 7.46. The zero-order valence-corrected chi connectivity index (χ0v) is 10.4. The summed E-state index contributed by atoms with van der Waals surface area (Å²) in [6, 6.07) is 15.8. The summed E-state index contributed by atoms with van der Waals surface area (Å²) in [7, 11) is 0. The summed E-state index contributed by atoms with van der Waals surface area (Å²) in [6.45, 7) is 0. The molecule has 3 rings (SSSR count). The third-order valence-corrected chi connectivity index (χ3v) is 3.61. The van der Waals surface area contributed by atoms with Gasteiger partial charge < -0.3 is 5.73 Å². The molecule has 18 heavy (non-hydrogen) atoms. The van der Waals surface area contributed by atoms with Crippen LogP contribution >= 0.6 is 11.8 Å². The van der Waals surface area contributed by atoms with Crippen LogP contribution < -0.4 is 5.73 Å². The van der Waals surface area contributed by atoms with Crippen molar-refractivity contribution in [3.63, 3.8) is 0 Å². The van der Waals surface area contributed by atoms with Gasteiger partial charge in [0.15, 0.2) is 0 Å². The van der Waals surface area contributed by atoms with Crippen LogP contribution in [0.25, 0.3) is 10.9 Å². The summed E-state index contributed by atoms with van der Waals surface area (Å²) >= 11 is 1.62. The van der Waals surface area contributed by atoms with Crippen molar-refractivity contribution >= 4 is 28.4 Å². The molecular weight excluding hydrogens is 242 g/mol. The first kappa shape index (κ1) is 11.0. The molecule has 0 bridgehead atoms. The minimum atomic E-state index is 0.729. The molecule has 3 aromatic rings. The lowest BCUT2D eigenvalue weighted by Gasteiger charge is -2.05. The lowest BCUT2D eigenvalue weighted by atomic mass is 10.2. The SMILES string of the molecule is Nc1ccc2ncnc(Sc3ccccc3)c2c1. The van der Waals surface area contributed by atoms with Crippen LogP contribution in [0.3, 0.4) is 0 Å². The minimum absolute atomic E-state index is 0.729. The van der Waals surface area contributed by atoms with Gasteiger partial charge >= 0.3 is 0 Å². The largest absolute Gasteiger partial charge is 0.399 e. The van der Waals surface area contributed by atoms with E-state index in [9.17, 15) is 0 Å². The second kappa shape index (κ2) is 4.66. The van der Waals surface area contributed by atoms with Gasteiger partial charge in [-0.1, -0.05) is 30.0 Å². The number of hydrogen-bond donors (Lipinski definition) is 1. The van der Waals surface area contributed by atoms with E-state index in [4.69, 9.17) is 5.73 Å². The van der Waals surface area contributed by atoms with E-state index < -0.39 is 0 Å². The van der Waals surface area contributed by atoms with E-state index in [1.807, 2.05) is 36.4 Å². The Labute approximate surface area is 109 Å². The van der Waals surface area contributed by atoms with Gasteiger partial charge in [-0.05, 0) is 30.3 Å². The Morgan fingerprint density at radius 1 is 0.944 bits per heavy atom. The highest BCUT2D eigenvalue weighted by Gasteiger charge is 2.05. The zero-order valence-electron chi connectivity index (χ0n) is 9.58. The molecule has 1 heterocycles. The van der Waals surface area contributed by atoms with Crippen LogP contribution in [-0.2, 0) is 0 Å². The molecule has 0 aliphatic rings. The molecule has 2 N–H and O–H groups in total. The fourth-order valence-corrected chi connectivity index (χ4v) is 2.62. The first-order chi connectivity index (χ1) is 8.83. The van der Waals surface area contributed by atoms with Gasteiger partial charge in [0, 0.05) is 16.0 Å². The fourth-order valence-electron chi connectivity index (χ4n) is 1.73. The van der Waals surface area contributed by atoms with Crippen molar-refractivity contribution < 1.29 is 0 Å². The van der Waals surface area contributed by atoms with Crippen molar-refractivity contribution in [1.29, 1.82) is 0 Å². The molecule has 0 spiro atoms. The van der Waals surface area contributed by atoms with Crippen molar-refractivity contribution in [1.82, 2.24) is 9.97 Å². The molecule has 0 atom stereocenters. The van der Waals surface area contributed by atoms with Gasteiger partial charge in [-0.3, -0.25) is 0 Å². The summed E-state index contributed by atoms with van der Waals surface area (Å²) < 4.78 is 0.